The molecule has 5 aliphatic heterocycles. The first-order valence-electron chi connectivity index (χ1n) is 14.4. The van der Waals surface area contributed by atoms with Crippen LogP contribution in [0, 0.1) is 10.8 Å². The van der Waals surface area contributed by atoms with Gasteiger partial charge < -0.3 is 20.4 Å². The number of anilines is 2. The molecular formula is C32H40N4O2. The van der Waals surface area contributed by atoms with Gasteiger partial charge in [-0.2, -0.15) is 0 Å². The van der Waals surface area contributed by atoms with Crippen LogP contribution in [-0.4, -0.2) is 46.0 Å². The summed E-state index contributed by atoms with van der Waals surface area (Å²) in [5.41, 5.74) is 3.86. The Morgan fingerprint density at radius 1 is 0.711 bits per heavy atom. The van der Waals surface area contributed by atoms with E-state index in [0.717, 1.165) is 24.2 Å². The highest BCUT2D eigenvalue weighted by atomic mass is 16.2. The molecule has 5 heterocycles. The average Bonchev–Trinajstić information content (AvgIpc) is 3.62. The first kappa shape index (κ1) is 24.1. The quantitative estimate of drug-likeness (QED) is 0.572. The number of rotatable bonds is 4. The van der Waals surface area contributed by atoms with Gasteiger partial charge in [0.25, 0.3) is 0 Å². The van der Waals surface area contributed by atoms with Gasteiger partial charge in [-0.3, -0.25) is 9.59 Å². The predicted octanol–water partition coefficient (Wildman–Crippen LogP) is 5.45. The van der Waals surface area contributed by atoms with Crippen molar-refractivity contribution < 1.29 is 9.59 Å². The van der Waals surface area contributed by atoms with E-state index in [2.05, 4.69) is 101 Å². The van der Waals surface area contributed by atoms with E-state index < -0.39 is 12.1 Å². The Morgan fingerprint density at radius 2 is 1.08 bits per heavy atom. The summed E-state index contributed by atoms with van der Waals surface area (Å²) in [4.78, 5) is 33.2. The summed E-state index contributed by atoms with van der Waals surface area (Å²) >= 11 is 0. The van der Waals surface area contributed by atoms with E-state index in [1.165, 1.54) is 11.1 Å². The fourth-order valence-corrected chi connectivity index (χ4v) is 9.03. The molecule has 38 heavy (non-hydrogen) atoms. The number of para-hydroxylation sites is 2. The lowest BCUT2D eigenvalue weighted by molar-refractivity contribution is -0.160. The standard InChI is InChI=1S/C32H40N4O2/c1-7-29(3,4)31-17-23-25(37)36-24(26(38)35(23)27(31)33-21-15-11-9-13-19(21)31)18-32(30(5,6)8-2)20-14-10-12-16-22(20)34-28(32)36/h9-16,23-24,27-28,33-34H,7-8,17-18H2,1-6H3/t23-,24-,27-,28-,31+,32+/m0/s1. The number of hydrogen-bond donors (Lipinski definition) is 2. The van der Waals surface area contributed by atoms with Crippen molar-refractivity contribution in [2.45, 2.75) is 102 Å². The van der Waals surface area contributed by atoms with Crippen molar-refractivity contribution in [1.82, 2.24) is 9.80 Å². The van der Waals surface area contributed by atoms with Crippen LogP contribution in [0.25, 0.3) is 0 Å². The van der Waals surface area contributed by atoms with Crippen LogP contribution in [-0.2, 0) is 20.4 Å². The summed E-state index contributed by atoms with van der Waals surface area (Å²) in [6, 6.07) is 16.0. The van der Waals surface area contributed by atoms with Crippen molar-refractivity contribution in [3.05, 3.63) is 59.7 Å². The third-order valence-electron chi connectivity index (χ3n) is 11.9. The monoisotopic (exact) mass is 512 g/mol. The number of piperazine rings is 1. The molecule has 0 aliphatic carbocycles. The van der Waals surface area contributed by atoms with E-state index in [1.54, 1.807) is 0 Å². The molecule has 2 aromatic carbocycles. The van der Waals surface area contributed by atoms with Gasteiger partial charge in [-0.05, 0) is 59.8 Å². The zero-order valence-corrected chi connectivity index (χ0v) is 23.5. The Kier molecular flexibility index (Phi) is 4.64. The van der Waals surface area contributed by atoms with Gasteiger partial charge in [0.05, 0.1) is 0 Å². The van der Waals surface area contributed by atoms with Crippen molar-refractivity contribution in [2.24, 2.45) is 10.8 Å². The number of carbonyl (C=O) groups is 2. The minimum absolute atomic E-state index is 0.102. The Hall–Kier alpha value is -3.02. The van der Waals surface area contributed by atoms with E-state index in [4.69, 9.17) is 0 Å². The molecule has 0 aromatic heterocycles. The van der Waals surface area contributed by atoms with Crippen LogP contribution in [0.1, 0.15) is 78.4 Å². The minimum atomic E-state index is -0.457. The van der Waals surface area contributed by atoms with Gasteiger partial charge in [0.2, 0.25) is 11.8 Å². The van der Waals surface area contributed by atoms with Gasteiger partial charge in [-0.1, -0.05) is 77.9 Å². The van der Waals surface area contributed by atoms with Crippen LogP contribution in [0.3, 0.4) is 0 Å². The SMILES string of the molecule is CCC(C)(C)[C@@]12C[C@H]3C(=O)N4[C@@H](C[C@@]5(C(C)(C)CC)c6ccccc6N[C@@H]45)C(=O)N3[C@@H]1Nc1ccccc12. The summed E-state index contributed by atoms with van der Waals surface area (Å²) < 4.78 is 0. The molecule has 0 unspecified atom stereocenters. The maximum atomic E-state index is 14.7. The number of carbonyl (C=O) groups excluding carboxylic acids is 2. The molecule has 3 fully saturated rings. The largest absolute Gasteiger partial charge is 0.364 e. The molecule has 2 N–H and O–H groups in total. The molecule has 2 amide bonds. The number of nitrogens with zero attached hydrogens (tertiary/aromatic N) is 2. The van der Waals surface area contributed by atoms with E-state index >= 15 is 0 Å². The van der Waals surface area contributed by atoms with Gasteiger partial charge >= 0.3 is 0 Å². The third-order valence-corrected chi connectivity index (χ3v) is 11.9. The summed E-state index contributed by atoms with van der Waals surface area (Å²) in [6.45, 7) is 13.7. The molecule has 6 nitrogen and oxygen atoms in total. The molecular weight excluding hydrogens is 472 g/mol. The lowest BCUT2D eigenvalue weighted by Crippen LogP contribution is -2.66. The molecule has 0 radical (unpaired) electrons. The predicted molar refractivity (Wildman–Crippen MR) is 150 cm³/mol. The van der Waals surface area contributed by atoms with Crippen LogP contribution < -0.4 is 10.6 Å². The second kappa shape index (κ2) is 7.34. The maximum absolute atomic E-state index is 14.7. The molecule has 6 atom stereocenters. The molecule has 7 rings (SSSR count). The van der Waals surface area contributed by atoms with Crippen molar-refractivity contribution in [3.8, 4) is 0 Å². The topological polar surface area (TPSA) is 64.7 Å². The smallest absolute Gasteiger partial charge is 0.247 e. The summed E-state index contributed by atoms with van der Waals surface area (Å²) in [7, 11) is 0. The number of benzene rings is 2. The Morgan fingerprint density at radius 3 is 1.45 bits per heavy atom. The molecule has 0 saturated carbocycles. The lowest BCUT2D eigenvalue weighted by Gasteiger charge is -2.46. The molecule has 6 heteroatoms. The zero-order valence-electron chi connectivity index (χ0n) is 23.5. The third kappa shape index (κ3) is 2.46. The maximum Gasteiger partial charge on any atom is 0.247 e. The van der Waals surface area contributed by atoms with Crippen molar-refractivity contribution in [3.63, 3.8) is 0 Å². The van der Waals surface area contributed by atoms with Crippen molar-refractivity contribution in [2.75, 3.05) is 10.6 Å². The highest BCUT2D eigenvalue weighted by Crippen LogP contribution is 2.65. The fourth-order valence-electron chi connectivity index (χ4n) is 9.03. The van der Waals surface area contributed by atoms with Gasteiger partial charge in [-0.25, -0.2) is 0 Å². The first-order chi connectivity index (χ1) is 18.1. The highest BCUT2D eigenvalue weighted by Gasteiger charge is 2.73. The average molecular weight is 513 g/mol. The Bertz CT molecular complexity index is 1260. The number of hydrogen-bond acceptors (Lipinski definition) is 4. The normalized spacial score (nSPS) is 34.7. The fraction of sp³-hybridized carbons (Fsp3) is 0.562. The Labute approximate surface area is 226 Å². The van der Waals surface area contributed by atoms with Crippen molar-refractivity contribution >= 4 is 23.2 Å². The van der Waals surface area contributed by atoms with Crippen LogP contribution in [0.2, 0.25) is 0 Å². The summed E-state index contributed by atoms with van der Waals surface area (Å²) in [6.07, 6.45) is 2.80. The molecule has 200 valence electrons. The highest BCUT2D eigenvalue weighted by molar-refractivity contribution is 6.00. The van der Waals surface area contributed by atoms with Crippen molar-refractivity contribution in [1.29, 1.82) is 0 Å². The van der Waals surface area contributed by atoms with E-state index in [0.29, 0.717) is 12.8 Å². The van der Waals surface area contributed by atoms with Gasteiger partial charge in [0, 0.05) is 22.2 Å². The van der Waals surface area contributed by atoms with Crippen LogP contribution >= 0.6 is 0 Å². The first-order valence-corrected chi connectivity index (χ1v) is 14.4. The van der Waals surface area contributed by atoms with Crippen LogP contribution in [0.4, 0.5) is 11.4 Å². The number of amides is 2. The summed E-state index contributed by atoms with van der Waals surface area (Å²) in [5.74, 6) is 0.210. The Balaban J connectivity index is 1.37. The second-order valence-electron chi connectivity index (χ2n) is 13.5. The van der Waals surface area contributed by atoms with Gasteiger partial charge in [-0.15, -0.1) is 0 Å². The lowest BCUT2D eigenvalue weighted by atomic mass is 9.58. The molecule has 0 spiro atoms. The van der Waals surface area contributed by atoms with E-state index in [1.807, 2.05) is 9.80 Å². The second-order valence-corrected chi connectivity index (χ2v) is 13.5. The molecule has 3 saturated heterocycles. The van der Waals surface area contributed by atoms with E-state index in [9.17, 15) is 9.59 Å². The van der Waals surface area contributed by atoms with Gasteiger partial charge in [0.1, 0.15) is 24.4 Å². The molecule has 5 aliphatic rings. The molecule has 2 aromatic rings. The molecule has 0 bridgehead atoms. The summed E-state index contributed by atoms with van der Waals surface area (Å²) in [5, 5.41) is 7.49. The van der Waals surface area contributed by atoms with Crippen LogP contribution in [0.5, 0.6) is 0 Å². The number of nitrogens with one attached hydrogen (secondary N) is 2. The van der Waals surface area contributed by atoms with E-state index in [-0.39, 0.29) is 45.8 Å². The minimum Gasteiger partial charge on any atom is -0.364 e. The zero-order chi connectivity index (χ0) is 26.8. The van der Waals surface area contributed by atoms with Gasteiger partial charge in [0.15, 0.2) is 0 Å². The number of fused-ring (bicyclic) bond motifs is 10. The van der Waals surface area contributed by atoms with Crippen LogP contribution in [0.15, 0.2) is 48.5 Å².